The third-order valence-corrected chi connectivity index (χ3v) is 1.98. The lowest BCUT2D eigenvalue weighted by molar-refractivity contribution is -0.625. The molecule has 73 valence electrons. The molecule has 0 bridgehead atoms. The van der Waals surface area contributed by atoms with Crippen molar-refractivity contribution < 1.29 is 9.36 Å². The number of Topliss-reactive ketones (excluding diaryl/α,β-unsaturated/α-hetero) is 1. The first-order valence-electron chi connectivity index (χ1n) is 4.69. The summed E-state index contributed by atoms with van der Waals surface area (Å²) in [7, 11) is 0. The maximum absolute atomic E-state index is 11.7. The maximum Gasteiger partial charge on any atom is 0.203 e. The molecule has 0 aliphatic rings. The third-order valence-electron chi connectivity index (χ3n) is 1.98. The monoisotopic (exact) mass is 196 g/mol. The summed E-state index contributed by atoms with van der Waals surface area (Å²) in [5.41, 5.74) is 0.647. The van der Waals surface area contributed by atoms with Crippen molar-refractivity contribution in [3.63, 3.8) is 0 Å². The average Bonchev–Trinajstić information content (AvgIpc) is 2.31. The molecule has 1 aromatic carbocycles. The van der Waals surface area contributed by atoms with Crippen LogP contribution in [0.2, 0.25) is 0 Å². The predicted octanol–water partition coefficient (Wildman–Crippen LogP) is 1.74. The highest BCUT2D eigenvalue weighted by atomic mass is 16.1. The van der Waals surface area contributed by atoms with Crippen LogP contribution in [0.15, 0.2) is 60.9 Å². The number of aromatic nitrogens is 1. The summed E-state index contributed by atoms with van der Waals surface area (Å²) in [4.78, 5) is 11.7. The van der Waals surface area contributed by atoms with Crippen molar-refractivity contribution in [3.05, 3.63) is 73.0 Å². The van der Waals surface area contributed by atoms with Gasteiger partial charge in [-0.15, -0.1) is 0 Å². The van der Waals surface area contributed by atoms with E-state index in [-0.39, 0.29) is 5.78 Å². The van der Waals surface area contributed by atoms with Gasteiger partial charge in [-0.05, 0) is 17.7 Å². The van der Waals surface area contributed by atoms with Gasteiger partial charge < -0.3 is 4.79 Å². The molecular weight excluding hydrogens is 186 g/mol. The largest absolute Gasteiger partial charge is 0.305 e. The molecule has 0 unspecified atom stereocenters. The summed E-state index contributed by atoms with van der Waals surface area (Å²) in [5.74, 6) is -0.119. The minimum absolute atomic E-state index is 0.119. The predicted molar refractivity (Wildman–Crippen MR) is 56.1 cm³/mol. The molecule has 1 heterocycles. The lowest BCUT2D eigenvalue weighted by Crippen LogP contribution is -2.34. The Morgan fingerprint density at radius 3 is 2.20 bits per heavy atom. The molecule has 0 saturated carbocycles. The minimum atomic E-state index is -0.119. The van der Waals surface area contributed by atoms with Crippen molar-refractivity contribution in [3.8, 4) is 0 Å². The second-order valence-corrected chi connectivity index (χ2v) is 3.09. The normalized spacial score (nSPS) is 9.60. The standard InChI is InChI=1S/C13H10NO/c15-13(12-7-3-1-4-8-12)11-14-9-5-2-6-10-14/h1-10H. The fourth-order valence-electron chi connectivity index (χ4n) is 1.24. The van der Waals surface area contributed by atoms with Gasteiger partial charge in [-0.3, -0.25) is 4.57 Å². The molecule has 0 saturated heterocycles. The highest BCUT2D eigenvalue weighted by Crippen LogP contribution is 2.00. The molecule has 0 fully saturated rings. The van der Waals surface area contributed by atoms with Gasteiger partial charge in [0.25, 0.3) is 0 Å². The summed E-state index contributed by atoms with van der Waals surface area (Å²) in [6, 6.07) is 14.7. The molecular formula is C13H10NO. The molecule has 2 rings (SSSR count). The molecule has 2 heteroatoms. The second kappa shape index (κ2) is 4.42. The Labute approximate surface area is 88.8 Å². The van der Waals surface area contributed by atoms with Crippen LogP contribution < -0.4 is 4.57 Å². The van der Waals surface area contributed by atoms with Crippen LogP contribution in [0.5, 0.6) is 0 Å². The third kappa shape index (κ3) is 2.44. The topological polar surface area (TPSA) is 20.9 Å². The lowest BCUT2D eigenvalue weighted by atomic mass is 10.1. The first-order valence-corrected chi connectivity index (χ1v) is 4.69. The van der Waals surface area contributed by atoms with Crippen molar-refractivity contribution >= 4 is 5.78 Å². The Morgan fingerprint density at radius 1 is 0.933 bits per heavy atom. The molecule has 0 amide bonds. The lowest BCUT2D eigenvalue weighted by Gasteiger charge is -2.01. The molecule has 1 radical (unpaired) electrons. The SMILES string of the molecule is O=C([C-][n+]1ccccc1)c1ccccc1. The van der Waals surface area contributed by atoms with Gasteiger partial charge in [-0.2, -0.15) is 0 Å². The zero-order valence-electron chi connectivity index (χ0n) is 8.13. The van der Waals surface area contributed by atoms with Crippen molar-refractivity contribution in [1.82, 2.24) is 0 Å². The number of pyridine rings is 1. The van der Waals surface area contributed by atoms with Gasteiger partial charge in [-0.25, -0.2) is 0 Å². The molecule has 0 aliphatic heterocycles. The van der Waals surface area contributed by atoms with Gasteiger partial charge in [0, 0.05) is 0 Å². The van der Waals surface area contributed by atoms with Gasteiger partial charge in [-0.1, -0.05) is 36.4 Å². The Kier molecular flexibility index (Phi) is 2.79. The number of ketones is 1. The number of nitrogens with zero attached hydrogens (tertiary/aromatic N) is 1. The number of carbonyl (C=O) groups excluding carboxylic acids is 1. The van der Waals surface area contributed by atoms with Crippen LogP contribution in [0.25, 0.3) is 0 Å². The number of benzene rings is 1. The first kappa shape index (κ1) is 9.46. The van der Waals surface area contributed by atoms with Crippen LogP contribution in [0.3, 0.4) is 0 Å². The van der Waals surface area contributed by atoms with Crippen LogP contribution in [-0.2, 0) is 0 Å². The molecule has 0 N–H and O–H groups in total. The van der Waals surface area contributed by atoms with Gasteiger partial charge in [0.1, 0.15) is 0 Å². The summed E-state index contributed by atoms with van der Waals surface area (Å²) >= 11 is 0. The van der Waals surface area contributed by atoms with E-state index in [2.05, 4.69) is 6.54 Å². The number of rotatable bonds is 3. The second-order valence-electron chi connectivity index (χ2n) is 3.09. The summed E-state index contributed by atoms with van der Waals surface area (Å²) in [6.07, 6.45) is 3.56. The van der Waals surface area contributed by atoms with Crippen molar-refractivity contribution in [2.24, 2.45) is 0 Å². The summed E-state index contributed by atoms with van der Waals surface area (Å²) in [5, 5.41) is 0. The molecule has 15 heavy (non-hydrogen) atoms. The Morgan fingerprint density at radius 2 is 1.53 bits per heavy atom. The number of hydrogen-bond donors (Lipinski definition) is 0. The maximum atomic E-state index is 11.7. The fraction of sp³-hybridized carbons (Fsp3) is 0. The first-order chi connectivity index (χ1) is 7.36. The zero-order valence-corrected chi connectivity index (χ0v) is 8.13. The zero-order chi connectivity index (χ0) is 10.5. The molecule has 0 aliphatic carbocycles. The van der Waals surface area contributed by atoms with E-state index in [0.717, 1.165) is 0 Å². The smallest absolute Gasteiger partial charge is 0.203 e. The van der Waals surface area contributed by atoms with E-state index in [1.165, 1.54) is 0 Å². The van der Waals surface area contributed by atoms with Crippen molar-refractivity contribution in [2.75, 3.05) is 0 Å². The Hall–Kier alpha value is -2.09. The highest BCUT2D eigenvalue weighted by Gasteiger charge is 2.05. The van der Waals surface area contributed by atoms with E-state index in [9.17, 15) is 4.79 Å². The molecule has 1 aromatic heterocycles. The van der Waals surface area contributed by atoms with Crippen LogP contribution in [0, 0.1) is 6.54 Å². The quantitative estimate of drug-likeness (QED) is 0.416. The highest BCUT2D eigenvalue weighted by molar-refractivity contribution is 6.00. The van der Waals surface area contributed by atoms with Crippen LogP contribution >= 0.6 is 0 Å². The molecule has 0 atom stereocenters. The van der Waals surface area contributed by atoms with E-state index in [1.54, 1.807) is 29.1 Å². The fourth-order valence-corrected chi connectivity index (χ4v) is 1.24. The van der Waals surface area contributed by atoms with Gasteiger partial charge >= 0.3 is 0 Å². The van der Waals surface area contributed by atoms with Gasteiger partial charge in [0.15, 0.2) is 5.78 Å². The summed E-state index contributed by atoms with van der Waals surface area (Å²) in [6.45, 7) is 2.74. The molecule has 0 spiro atoms. The summed E-state index contributed by atoms with van der Waals surface area (Å²) < 4.78 is 1.62. The van der Waals surface area contributed by atoms with Crippen LogP contribution in [0.1, 0.15) is 10.4 Å². The van der Waals surface area contributed by atoms with E-state index in [1.807, 2.05) is 36.4 Å². The Bertz CT molecular complexity index is 437. The van der Waals surface area contributed by atoms with E-state index >= 15 is 0 Å². The minimum Gasteiger partial charge on any atom is -0.305 e. The van der Waals surface area contributed by atoms with Crippen molar-refractivity contribution in [1.29, 1.82) is 0 Å². The average molecular weight is 196 g/mol. The van der Waals surface area contributed by atoms with E-state index in [4.69, 9.17) is 0 Å². The van der Waals surface area contributed by atoms with E-state index in [0.29, 0.717) is 5.56 Å². The van der Waals surface area contributed by atoms with E-state index < -0.39 is 0 Å². The van der Waals surface area contributed by atoms with Gasteiger partial charge in [0.2, 0.25) is 6.54 Å². The number of carbonyl (C=O) groups is 1. The van der Waals surface area contributed by atoms with Crippen LogP contribution in [0.4, 0.5) is 0 Å². The van der Waals surface area contributed by atoms with Crippen molar-refractivity contribution in [2.45, 2.75) is 0 Å². The molecule has 2 nitrogen and oxygen atoms in total. The number of hydrogen-bond acceptors (Lipinski definition) is 1. The van der Waals surface area contributed by atoms with Crippen LogP contribution in [-0.4, -0.2) is 5.78 Å². The Balaban J connectivity index is 2.12. The van der Waals surface area contributed by atoms with Gasteiger partial charge in [0.05, 0.1) is 12.4 Å². The molecule has 2 aromatic rings.